The van der Waals surface area contributed by atoms with Crippen LogP contribution in [0, 0.1) is 18.3 Å². The van der Waals surface area contributed by atoms with E-state index in [2.05, 4.69) is 10.3 Å². The van der Waals surface area contributed by atoms with E-state index in [4.69, 9.17) is 16.9 Å². The number of nitrogens with one attached hydrogen (secondary N) is 1. The second kappa shape index (κ2) is 4.86. The molecule has 0 fully saturated rings. The summed E-state index contributed by atoms with van der Waals surface area (Å²) in [5.74, 6) is 0. The molecule has 84 valence electrons. The van der Waals surface area contributed by atoms with Gasteiger partial charge >= 0.3 is 0 Å². The highest BCUT2D eigenvalue weighted by atomic mass is 35.5. The van der Waals surface area contributed by atoms with Gasteiger partial charge in [-0.1, -0.05) is 11.6 Å². The fourth-order valence-corrected chi connectivity index (χ4v) is 1.68. The van der Waals surface area contributed by atoms with Gasteiger partial charge in [-0.05, 0) is 37.3 Å². The molecule has 0 unspecified atom stereocenters. The number of halogens is 1. The van der Waals surface area contributed by atoms with Gasteiger partial charge in [0.25, 0.3) is 0 Å². The molecule has 3 nitrogen and oxygen atoms in total. The van der Waals surface area contributed by atoms with Crippen molar-refractivity contribution < 1.29 is 0 Å². The highest BCUT2D eigenvalue weighted by molar-refractivity contribution is 6.32. The molecule has 0 atom stereocenters. The van der Waals surface area contributed by atoms with Crippen LogP contribution in [0.3, 0.4) is 0 Å². The molecule has 0 aliphatic heterocycles. The molecular weight excluding hydrogens is 234 g/mol. The number of nitrogens with zero attached hydrogens (tertiary/aromatic N) is 2. The van der Waals surface area contributed by atoms with Gasteiger partial charge in [0.2, 0.25) is 0 Å². The number of aromatic nitrogens is 1. The molecule has 2 aromatic rings. The van der Waals surface area contributed by atoms with Gasteiger partial charge in [0.1, 0.15) is 6.07 Å². The first kappa shape index (κ1) is 11.4. The van der Waals surface area contributed by atoms with Gasteiger partial charge in [-0.25, -0.2) is 0 Å². The molecule has 1 N–H and O–H groups in total. The van der Waals surface area contributed by atoms with Crippen molar-refractivity contribution in [3.63, 3.8) is 0 Å². The van der Waals surface area contributed by atoms with E-state index in [9.17, 15) is 0 Å². The van der Waals surface area contributed by atoms with E-state index in [1.54, 1.807) is 18.3 Å². The predicted octanol–water partition coefficient (Wildman–Crippen LogP) is 3.66. The fraction of sp³-hybridized carbons (Fsp3) is 0.0769. The first-order valence-electron chi connectivity index (χ1n) is 5.09. The predicted molar refractivity (Wildman–Crippen MR) is 68.4 cm³/mol. The van der Waals surface area contributed by atoms with Gasteiger partial charge in [-0.3, -0.25) is 4.98 Å². The van der Waals surface area contributed by atoms with Gasteiger partial charge < -0.3 is 5.32 Å². The lowest BCUT2D eigenvalue weighted by atomic mass is 10.2. The lowest BCUT2D eigenvalue weighted by Gasteiger charge is -2.09. The number of aryl methyl sites for hydroxylation is 1. The number of anilines is 2. The van der Waals surface area contributed by atoms with Crippen molar-refractivity contribution in [3.8, 4) is 6.07 Å². The Morgan fingerprint density at radius 2 is 2.18 bits per heavy atom. The van der Waals surface area contributed by atoms with E-state index in [0.717, 1.165) is 17.1 Å². The van der Waals surface area contributed by atoms with Crippen molar-refractivity contribution in [2.24, 2.45) is 0 Å². The van der Waals surface area contributed by atoms with Gasteiger partial charge in [0.15, 0.2) is 0 Å². The molecule has 0 saturated carbocycles. The minimum atomic E-state index is 0.444. The third-order valence-electron chi connectivity index (χ3n) is 2.38. The number of nitriles is 1. The third kappa shape index (κ3) is 2.55. The molecule has 0 spiro atoms. The molecule has 0 aliphatic carbocycles. The highest BCUT2D eigenvalue weighted by Crippen LogP contribution is 2.24. The molecule has 0 radical (unpaired) electrons. The minimum Gasteiger partial charge on any atom is -0.354 e. The Hall–Kier alpha value is -2.05. The van der Waals surface area contributed by atoms with Crippen LogP contribution < -0.4 is 5.32 Å². The summed E-state index contributed by atoms with van der Waals surface area (Å²) in [5, 5.41) is 12.4. The standard InChI is InChI=1S/C13H10ClN3/c1-9-13(3-2-6-16-9)17-11-5-4-10(8-15)12(14)7-11/h2-7,17H,1H3. The van der Waals surface area contributed by atoms with Gasteiger partial charge in [-0.15, -0.1) is 0 Å². The molecule has 17 heavy (non-hydrogen) atoms. The number of hydrogen-bond donors (Lipinski definition) is 1. The molecule has 0 aliphatic rings. The Bertz CT molecular complexity index is 587. The first-order chi connectivity index (χ1) is 8.20. The molecule has 4 heteroatoms. The lowest BCUT2D eigenvalue weighted by Crippen LogP contribution is -1.94. The molecular formula is C13H10ClN3. The van der Waals surface area contributed by atoms with Crippen molar-refractivity contribution in [3.05, 3.63) is 52.8 Å². The van der Waals surface area contributed by atoms with E-state index in [0.29, 0.717) is 10.6 Å². The van der Waals surface area contributed by atoms with Crippen molar-refractivity contribution in [1.82, 2.24) is 4.98 Å². The summed E-state index contributed by atoms with van der Waals surface area (Å²) in [6.45, 7) is 1.92. The topological polar surface area (TPSA) is 48.7 Å². The van der Waals surface area contributed by atoms with Crippen LogP contribution in [0.1, 0.15) is 11.3 Å². The third-order valence-corrected chi connectivity index (χ3v) is 2.69. The first-order valence-corrected chi connectivity index (χ1v) is 5.47. The largest absolute Gasteiger partial charge is 0.354 e. The summed E-state index contributed by atoms with van der Waals surface area (Å²) >= 11 is 5.96. The molecule has 1 heterocycles. The summed E-state index contributed by atoms with van der Waals surface area (Å²) in [5.41, 5.74) is 3.14. The summed E-state index contributed by atoms with van der Waals surface area (Å²) in [7, 11) is 0. The Balaban J connectivity index is 2.29. The zero-order chi connectivity index (χ0) is 12.3. The van der Waals surface area contributed by atoms with Crippen LogP contribution in [-0.2, 0) is 0 Å². The number of benzene rings is 1. The molecule has 0 saturated heterocycles. The lowest BCUT2D eigenvalue weighted by molar-refractivity contribution is 1.20. The Labute approximate surface area is 105 Å². The van der Waals surface area contributed by atoms with Gasteiger partial charge in [0.05, 0.1) is 22.0 Å². The van der Waals surface area contributed by atoms with Crippen LogP contribution in [0.2, 0.25) is 5.02 Å². The Morgan fingerprint density at radius 3 is 2.82 bits per heavy atom. The Morgan fingerprint density at radius 1 is 1.35 bits per heavy atom. The molecule has 0 amide bonds. The van der Waals surface area contributed by atoms with E-state index in [1.165, 1.54) is 0 Å². The highest BCUT2D eigenvalue weighted by Gasteiger charge is 2.02. The average Bonchev–Trinajstić information content (AvgIpc) is 2.32. The van der Waals surface area contributed by atoms with E-state index < -0.39 is 0 Å². The minimum absolute atomic E-state index is 0.444. The Kier molecular flexibility index (Phi) is 3.27. The number of rotatable bonds is 2. The average molecular weight is 244 g/mol. The van der Waals surface area contributed by atoms with Crippen molar-refractivity contribution in [1.29, 1.82) is 5.26 Å². The van der Waals surface area contributed by atoms with Gasteiger partial charge in [0, 0.05) is 11.9 Å². The van der Waals surface area contributed by atoms with E-state index >= 15 is 0 Å². The van der Waals surface area contributed by atoms with Crippen LogP contribution in [0.15, 0.2) is 36.5 Å². The quantitative estimate of drug-likeness (QED) is 0.876. The molecule has 1 aromatic carbocycles. The number of pyridine rings is 1. The zero-order valence-electron chi connectivity index (χ0n) is 9.24. The zero-order valence-corrected chi connectivity index (χ0v) is 9.99. The molecule has 0 bridgehead atoms. The van der Waals surface area contributed by atoms with Gasteiger partial charge in [-0.2, -0.15) is 5.26 Å². The van der Waals surface area contributed by atoms with Crippen molar-refractivity contribution >= 4 is 23.0 Å². The van der Waals surface area contributed by atoms with E-state index in [-0.39, 0.29) is 0 Å². The normalized spacial score (nSPS) is 9.71. The monoisotopic (exact) mass is 243 g/mol. The summed E-state index contributed by atoms with van der Waals surface area (Å²) in [6, 6.07) is 11.1. The maximum atomic E-state index is 8.78. The fourth-order valence-electron chi connectivity index (χ4n) is 1.46. The summed E-state index contributed by atoms with van der Waals surface area (Å²) < 4.78 is 0. The van der Waals surface area contributed by atoms with Crippen LogP contribution in [-0.4, -0.2) is 4.98 Å². The van der Waals surface area contributed by atoms with Crippen LogP contribution in [0.4, 0.5) is 11.4 Å². The SMILES string of the molecule is Cc1ncccc1Nc1ccc(C#N)c(Cl)c1. The second-order valence-electron chi connectivity index (χ2n) is 3.57. The second-order valence-corrected chi connectivity index (χ2v) is 3.98. The maximum Gasteiger partial charge on any atom is 0.101 e. The summed E-state index contributed by atoms with van der Waals surface area (Å²) in [6.07, 6.45) is 1.74. The van der Waals surface area contributed by atoms with Crippen LogP contribution in [0.5, 0.6) is 0 Å². The maximum absolute atomic E-state index is 8.78. The van der Waals surface area contributed by atoms with Crippen LogP contribution >= 0.6 is 11.6 Å². The smallest absolute Gasteiger partial charge is 0.101 e. The van der Waals surface area contributed by atoms with Crippen LogP contribution in [0.25, 0.3) is 0 Å². The number of hydrogen-bond acceptors (Lipinski definition) is 3. The molecule has 2 rings (SSSR count). The summed E-state index contributed by atoms with van der Waals surface area (Å²) in [4.78, 5) is 4.18. The van der Waals surface area contributed by atoms with E-state index in [1.807, 2.05) is 31.2 Å². The van der Waals surface area contributed by atoms with Crippen molar-refractivity contribution in [2.75, 3.05) is 5.32 Å². The van der Waals surface area contributed by atoms with Crippen molar-refractivity contribution in [2.45, 2.75) is 6.92 Å². The molecule has 1 aromatic heterocycles.